The number of aromatic nitrogens is 4. The number of hydrogen-bond donors (Lipinski definition) is 1. The number of aryl methyl sites for hydroxylation is 2. The number of nitrogens with one attached hydrogen (secondary N) is 1. The van der Waals surface area contributed by atoms with Gasteiger partial charge in [-0.2, -0.15) is 4.98 Å². The summed E-state index contributed by atoms with van der Waals surface area (Å²) < 4.78 is 6.61. The first-order chi connectivity index (χ1) is 12.0. The number of hydrogen-bond acceptors (Lipinski definition) is 7. The number of ether oxygens (including phenoxy) is 1. The summed E-state index contributed by atoms with van der Waals surface area (Å²) in [6.07, 6.45) is 7.51. The van der Waals surface area contributed by atoms with Gasteiger partial charge < -0.3 is 10.1 Å². The van der Waals surface area contributed by atoms with Crippen LogP contribution in [0.2, 0.25) is 0 Å². The Kier molecular flexibility index (Phi) is 6.36. The van der Waals surface area contributed by atoms with Crippen molar-refractivity contribution in [2.45, 2.75) is 31.8 Å². The molecule has 132 valence electrons. The molecule has 0 aromatic carbocycles. The summed E-state index contributed by atoms with van der Waals surface area (Å²) in [5.41, 5.74) is 2.60. The van der Waals surface area contributed by atoms with Crippen LogP contribution in [0.3, 0.4) is 0 Å². The van der Waals surface area contributed by atoms with E-state index in [1.54, 1.807) is 4.52 Å². The van der Waals surface area contributed by atoms with Crippen LogP contribution in [0.15, 0.2) is 5.16 Å². The molecule has 25 heavy (non-hydrogen) atoms. The standard InChI is InChI=1S/C16H19N5O3S/c1-5-8-17-13(22)9-24-14(23)7-6-12-10(2)18-15-19-16(25-4)20-21(15)11(12)3/h1H,6-9H2,2-4H3,(H,17,22). The zero-order valence-electron chi connectivity index (χ0n) is 14.3. The second-order valence-electron chi connectivity index (χ2n) is 5.21. The molecule has 2 aromatic heterocycles. The molecule has 0 aliphatic rings. The molecule has 0 fully saturated rings. The zero-order chi connectivity index (χ0) is 18.4. The lowest BCUT2D eigenvalue weighted by Crippen LogP contribution is -2.29. The van der Waals surface area contributed by atoms with Crippen molar-refractivity contribution in [3.8, 4) is 12.3 Å². The Balaban J connectivity index is 1.99. The Labute approximate surface area is 149 Å². The average molecular weight is 361 g/mol. The van der Waals surface area contributed by atoms with Gasteiger partial charge in [-0.25, -0.2) is 9.50 Å². The molecular formula is C16H19N5O3S. The van der Waals surface area contributed by atoms with Crippen molar-refractivity contribution < 1.29 is 14.3 Å². The van der Waals surface area contributed by atoms with Crippen LogP contribution in [0.25, 0.3) is 5.78 Å². The molecule has 0 unspecified atom stereocenters. The van der Waals surface area contributed by atoms with E-state index < -0.39 is 11.9 Å². The molecule has 1 N–H and O–H groups in total. The van der Waals surface area contributed by atoms with Gasteiger partial charge in [0.05, 0.1) is 6.54 Å². The van der Waals surface area contributed by atoms with Gasteiger partial charge in [0.1, 0.15) is 0 Å². The predicted octanol–water partition coefficient (Wildman–Crippen LogP) is 0.688. The van der Waals surface area contributed by atoms with Crippen LogP contribution >= 0.6 is 11.8 Å². The number of nitrogens with zero attached hydrogens (tertiary/aromatic N) is 4. The molecule has 1 amide bonds. The maximum Gasteiger partial charge on any atom is 0.306 e. The lowest BCUT2D eigenvalue weighted by molar-refractivity contribution is -0.148. The van der Waals surface area contributed by atoms with E-state index >= 15 is 0 Å². The molecule has 2 heterocycles. The van der Waals surface area contributed by atoms with Crippen molar-refractivity contribution in [2.24, 2.45) is 0 Å². The van der Waals surface area contributed by atoms with Crippen molar-refractivity contribution in [1.29, 1.82) is 0 Å². The smallest absolute Gasteiger partial charge is 0.306 e. The first-order valence-electron chi connectivity index (χ1n) is 7.59. The third-order valence-electron chi connectivity index (χ3n) is 3.54. The predicted molar refractivity (Wildman–Crippen MR) is 93.2 cm³/mol. The van der Waals surface area contributed by atoms with Crippen molar-refractivity contribution >= 4 is 29.4 Å². The minimum atomic E-state index is -0.460. The fourth-order valence-corrected chi connectivity index (χ4v) is 2.62. The van der Waals surface area contributed by atoms with Crippen molar-refractivity contribution in [3.63, 3.8) is 0 Å². The van der Waals surface area contributed by atoms with Gasteiger partial charge in [-0.1, -0.05) is 17.7 Å². The number of esters is 1. The van der Waals surface area contributed by atoms with Crippen LogP contribution in [-0.4, -0.2) is 50.9 Å². The largest absolute Gasteiger partial charge is 0.456 e. The van der Waals surface area contributed by atoms with Crippen molar-refractivity contribution in [1.82, 2.24) is 24.9 Å². The zero-order valence-corrected chi connectivity index (χ0v) is 15.1. The average Bonchev–Trinajstić information content (AvgIpc) is 3.01. The Hall–Kier alpha value is -2.60. The molecule has 2 rings (SSSR count). The third-order valence-corrected chi connectivity index (χ3v) is 4.08. The van der Waals surface area contributed by atoms with E-state index in [2.05, 4.69) is 26.3 Å². The minimum Gasteiger partial charge on any atom is -0.456 e. The molecule has 0 aliphatic heterocycles. The van der Waals surface area contributed by atoms with Gasteiger partial charge in [-0.3, -0.25) is 9.59 Å². The van der Waals surface area contributed by atoms with Gasteiger partial charge in [0, 0.05) is 17.8 Å². The van der Waals surface area contributed by atoms with Crippen LogP contribution in [-0.2, 0) is 20.7 Å². The highest BCUT2D eigenvalue weighted by atomic mass is 32.2. The maximum absolute atomic E-state index is 11.8. The molecule has 0 spiro atoms. The number of terminal acetylenes is 1. The Morgan fingerprint density at radius 1 is 1.36 bits per heavy atom. The first kappa shape index (κ1) is 18.7. The Morgan fingerprint density at radius 3 is 2.80 bits per heavy atom. The monoisotopic (exact) mass is 361 g/mol. The lowest BCUT2D eigenvalue weighted by Gasteiger charge is -2.10. The fraction of sp³-hybridized carbons (Fsp3) is 0.438. The summed E-state index contributed by atoms with van der Waals surface area (Å²) in [6.45, 7) is 3.55. The molecule has 0 atom stereocenters. The molecular weight excluding hydrogens is 342 g/mol. The first-order valence-corrected chi connectivity index (χ1v) is 8.81. The van der Waals surface area contributed by atoms with Crippen LogP contribution in [0.4, 0.5) is 0 Å². The highest BCUT2D eigenvalue weighted by Crippen LogP contribution is 2.18. The number of carbonyl (C=O) groups is 2. The molecule has 9 heteroatoms. The van der Waals surface area contributed by atoms with E-state index in [0.29, 0.717) is 17.4 Å². The number of amides is 1. The van der Waals surface area contributed by atoms with Crippen LogP contribution < -0.4 is 5.32 Å². The normalized spacial score (nSPS) is 10.5. The molecule has 8 nitrogen and oxygen atoms in total. The van der Waals surface area contributed by atoms with E-state index in [0.717, 1.165) is 17.0 Å². The fourth-order valence-electron chi connectivity index (χ4n) is 2.28. The number of rotatable bonds is 7. The lowest BCUT2D eigenvalue weighted by atomic mass is 10.1. The molecule has 0 bridgehead atoms. The van der Waals surface area contributed by atoms with E-state index in [-0.39, 0.29) is 19.6 Å². The van der Waals surface area contributed by atoms with E-state index in [1.165, 1.54) is 11.8 Å². The summed E-state index contributed by atoms with van der Waals surface area (Å²) in [5.74, 6) is 1.93. The summed E-state index contributed by atoms with van der Waals surface area (Å²) in [5, 5.41) is 7.44. The van der Waals surface area contributed by atoms with Crippen molar-refractivity contribution in [2.75, 3.05) is 19.4 Å². The maximum atomic E-state index is 11.8. The van der Waals surface area contributed by atoms with Crippen LogP contribution in [0.5, 0.6) is 0 Å². The number of thioether (sulfide) groups is 1. The Morgan fingerprint density at radius 2 is 2.12 bits per heavy atom. The van der Waals surface area contributed by atoms with Gasteiger partial charge in [0.15, 0.2) is 6.61 Å². The van der Waals surface area contributed by atoms with E-state index in [1.807, 2.05) is 20.1 Å². The quantitative estimate of drug-likeness (QED) is 0.440. The summed E-state index contributed by atoms with van der Waals surface area (Å²) >= 11 is 1.44. The molecule has 0 radical (unpaired) electrons. The number of carbonyl (C=O) groups excluding carboxylic acids is 2. The van der Waals surface area contributed by atoms with Gasteiger partial charge in [0.2, 0.25) is 5.16 Å². The Bertz CT molecular complexity index is 840. The minimum absolute atomic E-state index is 0.108. The van der Waals surface area contributed by atoms with Crippen LogP contribution in [0, 0.1) is 26.2 Å². The topological polar surface area (TPSA) is 98.5 Å². The van der Waals surface area contributed by atoms with Crippen molar-refractivity contribution in [3.05, 3.63) is 17.0 Å². The van der Waals surface area contributed by atoms with Crippen LogP contribution in [0.1, 0.15) is 23.4 Å². The second-order valence-corrected chi connectivity index (χ2v) is 5.99. The molecule has 0 saturated heterocycles. The van der Waals surface area contributed by atoms with E-state index in [4.69, 9.17) is 11.2 Å². The van der Waals surface area contributed by atoms with Gasteiger partial charge in [0.25, 0.3) is 11.7 Å². The molecule has 0 aliphatic carbocycles. The summed E-state index contributed by atoms with van der Waals surface area (Å²) in [4.78, 5) is 31.9. The highest BCUT2D eigenvalue weighted by molar-refractivity contribution is 7.98. The summed E-state index contributed by atoms with van der Waals surface area (Å²) in [6, 6.07) is 0. The summed E-state index contributed by atoms with van der Waals surface area (Å²) in [7, 11) is 0. The SMILES string of the molecule is C#CCNC(=O)COC(=O)CCc1c(C)nc2nc(SC)nn2c1C. The highest BCUT2D eigenvalue weighted by Gasteiger charge is 2.15. The number of fused-ring (bicyclic) bond motifs is 1. The van der Waals surface area contributed by atoms with Gasteiger partial charge >= 0.3 is 5.97 Å². The third kappa shape index (κ3) is 4.70. The van der Waals surface area contributed by atoms with Gasteiger partial charge in [-0.15, -0.1) is 11.5 Å². The molecule has 0 saturated carbocycles. The van der Waals surface area contributed by atoms with Gasteiger partial charge in [-0.05, 0) is 32.1 Å². The second kappa shape index (κ2) is 8.48. The van der Waals surface area contributed by atoms with E-state index in [9.17, 15) is 9.59 Å². The molecule has 2 aromatic rings.